The molecule has 174 valence electrons. The lowest BCUT2D eigenvalue weighted by Crippen LogP contribution is -2.38. The fourth-order valence-corrected chi connectivity index (χ4v) is 3.94. The third-order valence-electron chi connectivity index (χ3n) is 5.75. The molecule has 3 rings (SSSR count). The monoisotopic (exact) mass is 452 g/mol. The lowest BCUT2D eigenvalue weighted by Gasteiger charge is -2.28. The molecule has 1 atom stereocenters. The number of hydrogen-bond donors (Lipinski definition) is 1. The quantitative estimate of drug-likeness (QED) is 0.254. The van der Waals surface area contributed by atoms with Gasteiger partial charge >= 0.3 is 0 Å². The van der Waals surface area contributed by atoms with E-state index in [1.807, 2.05) is 13.8 Å². The third-order valence-corrected chi connectivity index (χ3v) is 5.75. The molecule has 0 spiro atoms. The van der Waals surface area contributed by atoms with Crippen LogP contribution in [0.3, 0.4) is 0 Å². The van der Waals surface area contributed by atoms with Gasteiger partial charge in [-0.2, -0.15) is 0 Å². The smallest absolute Gasteiger partial charge is 0.295 e. The largest absolute Gasteiger partial charge is 0.507 e. The van der Waals surface area contributed by atoms with Gasteiger partial charge in [-0.15, -0.1) is 0 Å². The van der Waals surface area contributed by atoms with E-state index in [1.54, 1.807) is 36.4 Å². The minimum atomic E-state index is -0.882. The third kappa shape index (κ3) is 5.31. The second-order valence-electron chi connectivity index (χ2n) is 7.70. The fraction of sp³-hybridized carbons (Fsp3) is 0.308. The topological polar surface area (TPSA) is 70.1 Å². The molecule has 1 amide bonds. The lowest BCUT2D eigenvalue weighted by molar-refractivity contribution is -0.140. The maximum atomic E-state index is 14.1. The van der Waals surface area contributed by atoms with Crippen LogP contribution >= 0.6 is 0 Å². The van der Waals surface area contributed by atoms with E-state index < -0.39 is 23.5 Å². The van der Waals surface area contributed by atoms with Crippen molar-refractivity contribution in [2.24, 2.45) is 0 Å². The van der Waals surface area contributed by atoms with Gasteiger partial charge in [0.1, 0.15) is 23.9 Å². The van der Waals surface area contributed by atoms with Crippen LogP contribution in [0.1, 0.15) is 31.0 Å². The Morgan fingerprint density at radius 2 is 1.88 bits per heavy atom. The molecule has 33 heavy (non-hydrogen) atoms. The maximum absolute atomic E-state index is 14.1. The number of ether oxygens (including phenoxy) is 1. The van der Waals surface area contributed by atoms with Gasteiger partial charge in [-0.25, -0.2) is 4.39 Å². The first-order chi connectivity index (χ1) is 15.9. The van der Waals surface area contributed by atoms with E-state index in [-0.39, 0.29) is 17.9 Å². The van der Waals surface area contributed by atoms with Gasteiger partial charge in [-0.05, 0) is 55.1 Å². The molecule has 1 aliphatic rings. The van der Waals surface area contributed by atoms with E-state index in [0.717, 1.165) is 13.1 Å². The highest BCUT2D eigenvalue weighted by Crippen LogP contribution is 2.39. The molecule has 2 aromatic rings. The van der Waals surface area contributed by atoms with E-state index in [0.29, 0.717) is 30.0 Å². The molecule has 7 heteroatoms. The number of nitrogens with zero attached hydrogens (tertiary/aromatic N) is 2. The average molecular weight is 453 g/mol. The standard InChI is InChI=1S/C26H29FN2O4/c1-4-16-33-21-12-10-18(11-13-21)24(30)22-23(19-8-7-9-20(27)17-19)29(26(32)25(22)31)15-14-28(5-2)6-3/h4,7-13,17,23,30H,1,5-6,14-16H2,2-3H3/t23-/m0/s1. The Hall–Kier alpha value is -3.45. The number of aliphatic hydroxyl groups is 1. The second kappa shape index (κ2) is 10.9. The number of carbonyl (C=O) groups is 2. The van der Waals surface area contributed by atoms with E-state index in [9.17, 15) is 19.1 Å². The molecule has 1 saturated heterocycles. The van der Waals surface area contributed by atoms with Crippen molar-refractivity contribution >= 4 is 17.4 Å². The van der Waals surface area contributed by atoms with E-state index >= 15 is 0 Å². The van der Waals surface area contributed by atoms with Crippen LogP contribution in [0.25, 0.3) is 5.76 Å². The Morgan fingerprint density at radius 3 is 2.48 bits per heavy atom. The van der Waals surface area contributed by atoms with Crippen molar-refractivity contribution < 1.29 is 23.8 Å². The number of benzene rings is 2. The number of likely N-dealkylation sites (N-methyl/N-ethyl adjacent to an activating group) is 1. The summed E-state index contributed by atoms with van der Waals surface area (Å²) in [5.74, 6) is -1.70. The van der Waals surface area contributed by atoms with Crippen LogP contribution in [0.2, 0.25) is 0 Å². The van der Waals surface area contributed by atoms with Crippen molar-refractivity contribution in [1.82, 2.24) is 9.80 Å². The molecular formula is C26H29FN2O4. The molecule has 0 unspecified atom stereocenters. The highest BCUT2D eigenvalue weighted by molar-refractivity contribution is 6.46. The van der Waals surface area contributed by atoms with Gasteiger partial charge in [-0.3, -0.25) is 9.59 Å². The number of carbonyl (C=O) groups excluding carboxylic acids is 2. The SMILES string of the molecule is C=CCOc1ccc(C(O)=C2C(=O)C(=O)N(CCN(CC)CC)[C@H]2c2cccc(F)c2)cc1. The number of amides is 1. The van der Waals surface area contributed by atoms with Crippen LogP contribution in [0.5, 0.6) is 5.75 Å². The maximum Gasteiger partial charge on any atom is 0.295 e. The van der Waals surface area contributed by atoms with Gasteiger partial charge in [-0.1, -0.05) is 38.6 Å². The Balaban J connectivity index is 2.04. The summed E-state index contributed by atoms with van der Waals surface area (Å²) in [6.07, 6.45) is 1.62. The molecule has 0 aromatic heterocycles. The van der Waals surface area contributed by atoms with Gasteiger partial charge in [0.25, 0.3) is 11.7 Å². The van der Waals surface area contributed by atoms with Crippen LogP contribution in [-0.2, 0) is 9.59 Å². The molecule has 0 saturated carbocycles. The van der Waals surface area contributed by atoms with Crippen molar-refractivity contribution in [1.29, 1.82) is 0 Å². The lowest BCUT2D eigenvalue weighted by atomic mass is 9.95. The van der Waals surface area contributed by atoms with Crippen LogP contribution in [0.15, 0.2) is 66.8 Å². The number of likely N-dealkylation sites (tertiary alicyclic amines) is 1. The Morgan fingerprint density at radius 1 is 1.18 bits per heavy atom. The summed E-state index contributed by atoms with van der Waals surface area (Å²) < 4.78 is 19.5. The predicted molar refractivity (Wildman–Crippen MR) is 125 cm³/mol. The van der Waals surface area contributed by atoms with Crippen LogP contribution in [0, 0.1) is 5.82 Å². The summed E-state index contributed by atoms with van der Waals surface area (Å²) in [6.45, 7) is 10.4. The minimum absolute atomic E-state index is 0.0510. The van der Waals surface area contributed by atoms with Gasteiger partial charge in [0.15, 0.2) is 0 Å². The molecule has 1 N–H and O–H groups in total. The Kier molecular flexibility index (Phi) is 8.01. The molecule has 1 fully saturated rings. The van der Waals surface area contributed by atoms with Crippen LogP contribution in [-0.4, -0.2) is 59.4 Å². The molecule has 0 radical (unpaired) electrons. The normalized spacial score (nSPS) is 17.6. The van der Waals surface area contributed by atoms with Crippen molar-refractivity contribution in [3.8, 4) is 5.75 Å². The number of aliphatic hydroxyl groups excluding tert-OH is 1. The highest BCUT2D eigenvalue weighted by Gasteiger charge is 2.46. The summed E-state index contributed by atoms with van der Waals surface area (Å²) in [5.41, 5.74) is 0.746. The van der Waals surface area contributed by atoms with Crippen molar-refractivity contribution in [3.63, 3.8) is 0 Å². The summed E-state index contributed by atoms with van der Waals surface area (Å²) >= 11 is 0. The van der Waals surface area contributed by atoms with Gasteiger partial charge in [0, 0.05) is 18.7 Å². The van der Waals surface area contributed by atoms with E-state index in [4.69, 9.17) is 4.74 Å². The number of rotatable bonds is 10. The summed E-state index contributed by atoms with van der Waals surface area (Å²) in [7, 11) is 0. The first-order valence-electron chi connectivity index (χ1n) is 11.0. The molecule has 2 aromatic carbocycles. The number of ketones is 1. The molecule has 0 aliphatic carbocycles. The zero-order chi connectivity index (χ0) is 24.0. The molecule has 0 bridgehead atoms. The van der Waals surface area contributed by atoms with Gasteiger partial charge in [0.05, 0.1) is 11.6 Å². The number of hydrogen-bond acceptors (Lipinski definition) is 5. The number of halogens is 1. The zero-order valence-electron chi connectivity index (χ0n) is 19.0. The Bertz CT molecular complexity index is 1040. The molecule has 6 nitrogen and oxygen atoms in total. The molecule has 1 heterocycles. The first kappa shape index (κ1) is 24.2. The van der Waals surface area contributed by atoms with Crippen molar-refractivity contribution in [2.45, 2.75) is 19.9 Å². The predicted octanol–water partition coefficient (Wildman–Crippen LogP) is 4.15. The van der Waals surface area contributed by atoms with Gasteiger partial charge < -0.3 is 19.6 Å². The minimum Gasteiger partial charge on any atom is -0.507 e. The molecule has 1 aliphatic heterocycles. The average Bonchev–Trinajstić information content (AvgIpc) is 3.08. The highest BCUT2D eigenvalue weighted by atomic mass is 19.1. The fourth-order valence-electron chi connectivity index (χ4n) is 3.94. The Labute approximate surface area is 193 Å². The summed E-state index contributed by atoms with van der Waals surface area (Å²) in [4.78, 5) is 29.6. The van der Waals surface area contributed by atoms with Crippen molar-refractivity contribution in [2.75, 3.05) is 32.8 Å². The zero-order valence-corrected chi connectivity index (χ0v) is 19.0. The summed E-state index contributed by atoms with van der Waals surface area (Å²) in [5, 5.41) is 11.1. The summed E-state index contributed by atoms with van der Waals surface area (Å²) in [6, 6.07) is 11.4. The van der Waals surface area contributed by atoms with E-state index in [1.165, 1.54) is 23.1 Å². The second-order valence-corrected chi connectivity index (χ2v) is 7.70. The van der Waals surface area contributed by atoms with Crippen LogP contribution in [0.4, 0.5) is 4.39 Å². The first-order valence-corrected chi connectivity index (χ1v) is 11.0. The van der Waals surface area contributed by atoms with Crippen LogP contribution < -0.4 is 4.74 Å². The van der Waals surface area contributed by atoms with Crippen molar-refractivity contribution in [3.05, 3.63) is 83.7 Å². The van der Waals surface area contributed by atoms with E-state index in [2.05, 4.69) is 11.5 Å². The van der Waals surface area contributed by atoms with Gasteiger partial charge in [0.2, 0.25) is 0 Å². The molecular weight excluding hydrogens is 423 g/mol. The number of Topliss-reactive ketones (excluding diaryl/α,β-unsaturated/α-hetero) is 1.